The van der Waals surface area contributed by atoms with Crippen molar-refractivity contribution in [3.63, 3.8) is 0 Å². The number of rotatable bonds is 8. The topological polar surface area (TPSA) is 87.1 Å². The van der Waals surface area contributed by atoms with Crippen molar-refractivity contribution < 1.29 is 9.53 Å². The molecule has 0 aromatic rings. The molecule has 0 bridgehead atoms. The molecule has 1 fully saturated rings. The molecule has 1 aliphatic carbocycles. The van der Waals surface area contributed by atoms with Crippen molar-refractivity contribution in [3.8, 4) is 12.3 Å². The van der Waals surface area contributed by atoms with Gasteiger partial charge in [0, 0.05) is 17.9 Å². The van der Waals surface area contributed by atoms with Crippen LogP contribution in [-0.2, 0) is 9.53 Å². The Morgan fingerprint density at radius 1 is 1.45 bits per heavy atom. The van der Waals surface area contributed by atoms with Gasteiger partial charge in [0.1, 0.15) is 6.61 Å². The zero-order chi connectivity index (χ0) is 14.6. The normalized spacial score (nSPS) is 21.6. The number of ether oxygens (including phenoxy) is 1. The van der Waals surface area contributed by atoms with E-state index in [4.69, 9.17) is 16.7 Å². The van der Waals surface area contributed by atoms with E-state index in [1.54, 1.807) is 0 Å². The maximum atomic E-state index is 11.9. The van der Waals surface area contributed by atoms with Gasteiger partial charge in [0.2, 0.25) is 5.91 Å². The van der Waals surface area contributed by atoms with Crippen LogP contribution in [0, 0.1) is 12.3 Å². The number of hydrogen-bond donors (Lipinski definition) is 1. The minimum Gasteiger partial charge on any atom is -0.363 e. The van der Waals surface area contributed by atoms with Crippen molar-refractivity contribution in [3.05, 3.63) is 10.4 Å². The number of amides is 1. The van der Waals surface area contributed by atoms with E-state index in [1.807, 2.05) is 0 Å². The molecule has 0 aromatic carbocycles. The summed E-state index contributed by atoms with van der Waals surface area (Å²) >= 11 is 0. The maximum Gasteiger partial charge on any atom is 0.220 e. The number of azide groups is 1. The number of carbonyl (C=O) groups is 1. The highest BCUT2D eigenvalue weighted by Gasteiger charge is 2.26. The Bertz CT molecular complexity index is 385. The lowest BCUT2D eigenvalue weighted by Crippen LogP contribution is -2.46. The van der Waals surface area contributed by atoms with Gasteiger partial charge < -0.3 is 10.1 Å². The highest BCUT2D eigenvalue weighted by Crippen LogP contribution is 2.21. The second kappa shape index (κ2) is 10.1. The van der Waals surface area contributed by atoms with Gasteiger partial charge in [-0.3, -0.25) is 4.79 Å². The molecule has 1 amide bonds. The SMILES string of the molecule is C#CCO[C@@H]1CCCC[C@H]1NC(=O)CCCCN=[N+]=[N-]. The molecule has 0 radical (unpaired) electrons. The first kappa shape index (κ1) is 16.4. The Hall–Kier alpha value is -1.70. The van der Waals surface area contributed by atoms with Gasteiger partial charge in [0.25, 0.3) is 0 Å². The van der Waals surface area contributed by atoms with E-state index < -0.39 is 0 Å². The number of nitrogens with one attached hydrogen (secondary N) is 1. The summed E-state index contributed by atoms with van der Waals surface area (Å²) in [6, 6.07) is 0.0710. The lowest BCUT2D eigenvalue weighted by molar-refractivity contribution is -0.123. The van der Waals surface area contributed by atoms with Gasteiger partial charge in [0.05, 0.1) is 12.1 Å². The third-order valence-corrected chi connectivity index (χ3v) is 3.40. The molecule has 6 nitrogen and oxygen atoms in total. The van der Waals surface area contributed by atoms with Crippen molar-refractivity contribution in [2.45, 2.75) is 57.1 Å². The quantitative estimate of drug-likeness (QED) is 0.243. The van der Waals surface area contributed by atoms with Crippen molar-refractivity contribution in [2.24, 2.45) is 5.11 Å². The number of carbonyl (C=O) groups excluding carboxylic acids is 1. The van der Waals surface area contributed by atoms with Crippen LogP contribution in [0.25, 0.3) is 10.4 Å². The molecule has 2 atom stereocenters. The van der Waals surface area contributed by atoms with E-state index in [0.29, 0.717) is 19.6 Å². The van der Waals surface area contributed by atoms with Crippen LogP contribution in [0.3, 0.4) is 0 Å². The molecule has 0 aliphatic heterocycles. The Kier molecular flexibility index (Phi) is 8.28. The first-order chi connectivity index (χ1) is 9.77. The van der Waals surface area contributed by atoms with Crippen LogP contribution < -0.4 is 5.32 Å². The fraction of sp³-hybridized carbons (Fsp3) is 0.786. The molecule has 110 valence electrons. The summed E-state index contributed by atoms with van der Waals surface area (Å²) in [7, 11) is 0. The average molecular weight is 278 g/mol. The molecule has 6 heteroatoms. The van der Waals surface area contributed by atoms with E-state index >= 15 is 0 Å². The summed E-state index contributed by atoms with van der Waals surface area (Å²) in [4.78, 5) is 14.5. The standard InChI is InChI=1S/C14H22N4O2/c1-2-11-20-13-8-4-3-7-12(13)17-14(19)9-5-6-10-16-18-15/h1,12-13H,3-11H2,(H,17,19)/t12-,13-/m1/s1. The highest BCUT2D eigenvalue weighted by molar-refractivity contribution is 5.76. The molecular formula is C14H22N4O2. The van der Waals surface area contributed by atoms with Gasteiger partial charge in [-0.2, -0.15) is 0 Å². The van der Waals surface area contributed by atoms with Crippen molar-refractivity contribution >= 4 is 5.91 Å². The number of nitrogens with zero attached hydrogens (tertiary/aromatic N) is 3. The smallest absolute Gasteiger partial charge is 0.220 e. The van der Waals surface area contributed by atoms with Crippen LogP contribution in [0.5, 0.6) is 0 Å². The fourth-order valence-electron chi connectivity index (χ4n) is 2.41. The predicted octanol–water partition coefficient (Wildman–Crippen LogP) is 2.54. The van der Waals surface area contributed by atoms with Gasteiger partial charge in [-0.05, 0) is 31.2 Å². The van der Waals surface area contributed by atoms with Gasteiger partial charge in [-0.15, -0.1) is 6.42 Å². The molecule has 0 heterocycles. The van der Waals surface area contributed by atoms with E-state index in [1.165, 1.54) is 0 Å². The lowest BCUT2D eigenvalue weighted by Gasteiger charge is -2.31. The Balaban J connectivity index is 2.27. The summed E-state index contributed by atoms with van der Waals surface area (Å²) < 4.78 is 5.60. The molecule has 1 N–H and O–H groups in total. The van der Waals surface area contributed by atoms with Crippen LogP contribution in [-0.4, -0.2) is 31.2 Å². The monoisotopic (exact) mass is 278 g/mol. The molecule has 20 heavy (non-hydrogen) atoms. The average Bonchev–Trinajstić information content (AvgIpc) is 2.46. The summed E-state index contributed by atoms with van der Waals surface area (Å²) in [6.45, 7) is 0.740. The van der Waals surface area contributed by atoms with Crippen LogP contribution in [0.1, 0.15) is 44.9 Å². The molecule has 1 rings (SSSR count). The van der Waals surface area contributed by atoms with E-state index in [9.17, 15) is 4.79 Å². The molecule has 0 saturated heterocycles. The second-order valence-electron chi connectivity index (χ2n) is 4.92. The third kappa shape index (κ3) is 6.46. The third-order valence-electron chi connectivity index (χ3n) is 3.40. The highest BCUT2D eigenvalue weighted by atomic mass is 16.5. The summed E-state index contributed by atoms with van der Waals surface area (Å²) in [5, 5.41) is 6.47. The van der Waals surface area contributed by atoms with E-state index in [0.717, 1.165) is 38.5 Å². The van der Waals surface area contributed by atoms with Gasteiger partial charge in [-0.25, -0.2) is 0 Å². The van der Waals surface area contributed by atoms with Crippen LogP contribution >= 0.6 is 0 Å². The lowest BCUT2D eigenvalue weighted by atomic mass is 9.92. The van der Waals surface area contributed by atoms with Crippen LogP contribution in [0.4, 0.5) is 0 Å². The van der Waals surface area contributed by atoms with E-state index in [-0.39, 0.29) is 18.1 Å². The Labute approximate surface area is 119 Å². The predicted molar refractivity (Wildman–Crippen MR) is 76.8 cm³/mol. The van der Waals surface area contributed by atoms with Gasteiger partial charge >= 0.3 is 0 Å². The molecule has 0 spiro atoms. The fourth-order valence-corrected chi connectivity index (χ4v) is 2.41. The van der Waals surface area contributed by atoms with Gasteiger partial charge in [-0.1, -0.05) is 23.9 Å². The maximum absolute atomic E-state index is 11.9. The van der Waals surface area contributed by atoms with Crippen LogP contribution in [0.15, 0.2) is 5.11 Å². The first-order valence-electron chi connectivity index (χ1n) is 7.13. The zero-order valence-corrected chi connectivity index (χ0v) is 11.8. The summed E-state index contributed by atoms with van der Waals surface area (Å²) in [5.41, 5.74) is 8.14. The largest absolute Gasteiger partial charge is 0.363 e. The Morgan fingerprint density at radius 2 is 2.25 bits per heavy atom. The molecule has 1 saturated carbocycles. The first-order valence-corrected chi connectivity index (χ1v) is 7.13. The van der Waals surface area contributed by atoms with Crippen molar-refractivity contribution in [1.29, 1.82) is 0 Å². The number of terminal acetylenes is 1. The number of hydrogen-bond acceptors (Lipinski definition) is 3. The number of unbranched alkanes of at least 4 members (excludes halogenated alkanes) is 1. The molecular weight excluding hydrogens is 256 g/mol. The molecule has 0 aromatic heterocycles. The van der Waals surface area contributed by atoms with Crippen molar-refractivity contribution in [2.75, 3.05) is 13.2 Å². The molecule has 1 aliphatic rings. The summed E-state index contributed by atoms with van der Waals surface area (Å²) in [6.07, 6.45) is 11.3. The summed E-state index contributed by atoms with van der Waals surface area (Å²) in [5.74, 6) is 2.50. The van der Waals surface area contributed by atoms with E-state index in [2.05, 4.69) is 21.3 Å². The minimum atomic E-state index is 0.0342. The van der Waals surface area contributed by atoms with Crippen molar-refractivity contribution in [1.82, 2.24) is 5.32 Å². The zero-order valence-electron chi connectivity index (χ0n) is 11.8. The van der Waals surface area contributed by atoms with Gasteiger partial charge in [0.15, 0.2) is 0 Å². The second-order valence-corrected chi connectivity index (χ2v) is 4.92. The Morgan fingerprint density at radius 3 is 3.00 bits per heavy atom. The molecule has 0 unspecified atom stereocenters. The minimum absolute atomic E-state index is 0.0342. The van der Waals surface area contributed by atoms with Crippen LogP contribution in [0.2, 0.25) is 0 Å².